The van der Waals surface area contributed by atoms with E-state index < -0.39 is 0 Å². The number of allylic oxidation sites excluding steroid dienone is 1. The molecule has 1 heterocycles. The predicted molar refractivity (Wildman–Crippen MR) is 64.9 cm³/mol. The Bertz CT molecular complexity index is 355. The van der Waals surface area contributed by atoms with Gasteiger partial charge in [-0.3, -0.25) is 4.79 Å². The lowest BCUT2D eigenvalue weighted by Crippen LogP contribution is -2.26. The summed E-state index contributed by atoms with van der Waals surface area (Å²) in [5.74, 6) is -0.109. The standard InChI is InChI=1S/C11H16N2OS/c1-9-5-3-7-13(9)8-4-6-11(14)12-10(2)15/h3-7,10,15H,8H2,1-2H3,(H,12,14)/b6-4+. The van der Waals surface area contributed by atoms with E-state index in [0.717, 1.165) is 0 Å². The van der Waals surface area contributed by atoms with Gasteiger partial charge in [-0.2, -0.15) is 12.6 Å². The molecule has 0 fully saturated rings. The van der Waals surface area contributed by atoms with E-state index in [1.165, 1.54) is 11.8 Å². The van der Waals surface area contributed by atoms with E-state index >= 15 is 0 Å². The highest BCUT2D eigenvalue weighted by molar-refractivity contribution is 7.80. The summed E-state index contributed by atoms with van der Waals surface area (Å²) >= 11 is 4.06. The smallest absolute Gasteiger partial charge is 0.244 e. The summed E-state index contributed by atoms with van der Waals surface area (Å²) in [4.78, 5) is 11.2. The van der Waals surface area contributed by atoms with Crippen molar-refractivity contribution in [1.82, 2.24) is 9.88 Å². The molecule has 15 heavy (non-hydrogen) atoms. The SMILES string of the molecule is Cc1cccn1C/C=C/C(=O)NC(C)S. The number of hydrogen-bond donors (Lipinski definition) is 2. The molecule has 0 aliphatic heterocycles. The van der Waals surface area contributed by atoms with Gasteiger partial charge in [-0.15, -0.1) is 0 Å². The van der Waals surface area contributed by atoms with Crippen LogP contribution in [0.4, 0.5) is 0 Å². The zero-order chi connectivity index (χ0) is 11.3. The lowest BCUT2D eigenvalue weighted by Gasteiger charge is -2.04. The Labute approximate surface area is 95.6 Å². The van der Waals surface area contributed by atoms with Crippen LogP contribution in [0.2, 0.25) is 0 Å². The lowest BCUT2D eigenvalue weighted by molar-refractivity contribution is -0.116. The van der Waals surface area contributed by atoms with Gasteiger partial charge in [0.25, 0.3) is 0 Å². The highest BCUT2D eigenvalue weighted by atomic mass is 32.1. The molecule has 1 atom stereocenters. The minimum absolute atomic E-state index is 0.109. The third-order valence-electron chi connectivity index (χ3n) is 1.98. The summed E-state index contributed by atoms with van der Waals surface area (Å²) < 4.78 is 2.06. The molecular formula is C11H16N2OS. The first kappa shape index (κ1) is 11.9. The summed E-state index contributed by atoms with van der Waals surface area (Å²) in [6, 6.07) is 4.02. The molecule has 0 saturated carbocycles. The maximum atomic E-state index is 11.2. The number of rotatable bonds is 4. The molecule has 0 bridgehead atoms. The summed E-state index contributed by atoms with van der Waals surface area (Å²) in [6.07, 6.45) is 5.35. The van der Waals surface area contributed by atoms with Gasteiger partial charge in [0.15, 0.2) is 0 Å². The number of amides is 1. The van der Waals surface area contributed by atoms with Crippen LogP contribution in [0.25, 0.3) is 0 Å². The van der Waals surface area contributed by atoms with Crippen molar-refractivity contribution in [2.75, 3.05) is 0 Å². The third kappa shape index (κ3) is 4.25. The Hall–Kier alpha value is -1.16. The van der Waals surface area contributed by atoms with Gasteiger partial charge >= 0.3 is 0 Å². The Morgan fingerprint density at radius 3 is 3.00 bits per heavy atom. The minimum atomic E-state index is -0.115. The molecule has 1 unspecified atom stereocenters. The first-order valence-electron chi connectivity index (χ1n) is 4.86. The average Bonchev–Trinajstić information content (AvgIpc) is 2.50. The Balaban J connectivity index is 2.40. The molecule has 1 amide bonds. The molecule has 0 aromatic carbocycles. The second-order valence-corrected chi connectivity index (χ2v) is 4.16. The van der Waals surface area contributed by atoms with Gasteiger partial charge in [0.1, 0.15) is 0 Å². The summed E-state index contributed by atoms with van der Waals surface area (Å²) in [5, 5.41) is 2.55. The largest absolute Gasteiger partial charge is 0.348 e. The van der Waals surface area contributed by atoms with Crippen molar-refractivity contribution >= 4 is 18.5 Å². The number of nitrogens with one attached hydrogen (secondary N) is 1. The topological polar surface area (TPSA) is 34.0 Å². The molecule has 1 aromatic heterocycles. The second-order valence-electron chi connectivity index (χ2n) is 3.39. The van der Waals surface area contributed by atoms with E-state index in [1.807, 2.05) is 38.3 Å². The fraction of sp³-hybridized carbons (Fsp3) is 0.364. The lowest BCUT2D eigenvalue weighted by atomic mass is 10.4. The molecule has 0 spiro atoms. The van der Waals surface area contributed by atoms with Gasteiger partial charge in [0, 0.05) is 24.5 Å². The van der Waals surface area contributed by atoms with E-state index in [9.17, 15) is 4.79 Å². The van der Waals surface area contributed by atoms with E-state index in [-0.39, 0.29) is 11.3 Å². The van der Waals surface area contributed by atoms with E-state index in [2.05, 4.69) is 22.5 Å². The van der Waals surface area contributed by atoms with Crippen molar-refractivity contribution in [1.29, 1.82) is 0 Å². The molecule has 3 nitrogen and oxygen atoms in total. The first-order valence-corrected chi connectivity index (χ1v) is 5.38. The highest BCUT2D eigenvalue weighted by Gasteiger charge is 1.97. The van der Waals surface area contributed by atoms with Crippen LogP contribution in [0.15, 0.2) is 30.5 Å². The molecule has 0 aliphatic rings. The summed E-state index contributed by atoms with van der Waals surface area (Å²) in [5.41, 5.74) is 1.18. The van der Waals surface area contributed by atoms with Gasteiger partial charge in [0.05, 0.1) is 5.37 Å². The average molecular weight is 224 g/mol. The maximum Gasteiger partial charge on any atom is 0.244 e. The van der Waals surface area contributed by atoms with Crippen molar-refractivity contribution in [2.24, 2.45) is 0 Å². The van der Waals surface area contributed by atoms with Gasteiger partial charge in [-0.05, 0) is 26.0 Å². The Morgan fingerprint density at radius 2 is 2.47 bits per heavy atom. The Kier molecular flexibility index (Phi) is 4.49. The molecule has 0 saturated heterocycles. The van der Waals surface area contributed by atoms with Crippen LogP contribution in [-0.2, 0) is 11.3 Å². The monoisotopic (exact) mass is 224 g/mol. The maximum absolute atomic E-state index is 11.2. The Morgan fingerprint density at radius 1 is 1.73 bits per heavy atom. The molecule has 0 aliphatic carbocycles. The zero-order valence-electron chi connectivity index (χ0n) is 8.97. The highest BCUT2D eigenvalue weighted by Crippen LogP contribution is 1.99. The second kappa shape index (κ2) is 5.66. The number of thiol groups is 1. The number of carbonyl (C=O) groups excluding carboxylic acids is 1. The quantitative estimate of drug-likeness (QED) is 0.456. The van der Waals surface area contributed by atoms with Gasteiger partial charge < -0.3 is 9.88 Å². The van der Waals surface area contributed by atoms with E-state index in [0.29, 0.717) is 6.54 Å². The van der Waals surface area contributed by atoms with Crippen LogP contribution in [0.1, 0.15) is 12.6 Å². The van der Waals surface area contributed by atoms with Crippen LogP contribution in [0.5, 0.6) is 0 Å². The van der Waals surface area contributed by atoms with E-state index in [4.69, 9.17) is 0 Å². The zero-order valence-corrected chi connectivity index (χ0v) is 9.87. The number of carbonyl (C=O) groups is 1. The van der Waals surface area contributed by atoms with Crippen molar-refractivity contribution in [3.63, 3.8) is 0 Å². The van der Waals surface area contributed by atoms with Gasteiger partial charge in [0.2, 0.25) is 5.91 Å². The van der Waals surface area contributed by atoms with Crippen molar-refractivity contribution in [3.8, 4) is 0 Å². The van der Waals surface area contributed by atoms with Gasteiger partial charge in [-0.1, -0.05) is 6.08 Å². The minimum Gasteiger partial charge on any atom is -0.348 e. The van der Waals surface area contributed by atoms with Crippen LogP contribution >= 0.6 is 12.6 Å². The molecular weight excluding hydrogens is 208 g/mol. The summed E-state index contributed by atoms with van der Waals surface area (Å²) in [7, 11) is 0. The van der Waals surface area contributed by atoms with Crippen LogP contribution < -0.4 is 5.32 Å². The molecule has 1 aromatic rings. The van der Waals surface area contributed by atoms with Crippen LogP contribution in [0.3, 0.4) is 0 Å². The van der Waals surface area contributed by atoms with E-state index in [1.54, 1.807) is 0 Å². The molecule has 4 heteroatoms. The van der Waals surface area contributed by atoms with Crippen molar-refractivity contribution < 1.29 is 4.79 Å². The number of aryl methyl sites for hydroxylation is 1. The molecule has 1 N–H and O–H groups in total. The normalized spacial score (nSPS) is 13.0. The number of aromatic nitrogens is 1. The van der Waals surface area contributed by atoms with Crippen LogP contribution in [-0.4, -0.2) is 15.8 Å². The summed E-state index contributed by atoms with van der Waals surface area (Å²) in [6.45, 7) is 4.56. The molecule has 82 valence electrons. The van der Waals surface area contributed by atoms with Crippen molar-refractivity contribution in [2.45, 2.75) is 25.8 Å². The number of nitrogens with zero attached hydrogens (tertiary/aromatic N) is 1. The van der Waals surface area contributed by atoms with Crippen LogP contribution in [0, 0.1) is 6.92 Å². The number of hydrogen-bond acceptors (Lipinski definition) is 2. The molecule has 1 rings (SSSR count). The third-order valence-corrected chi connectivity index (χ3v) is 2.11. The molecule has 0 radical (unpaired) electrons. The fourth-order valence-corrected chi connectivity index (χ4v) is 1.36. The predicted octanol–water partition coefficient (Wildman–Crippen LogP) is 1.74. The van der Waals surface area contributed by atoms with Gasteiger partial charge in [-0.25, -0.2) is 0 Å². The van der Waals surface area contributed by atoms with Crippen molar-refractivity contribution in [3.05, 3.63) is 36.2 Å². The first-order chi connectivity index (χ1) is 7.09. The fourth-order valence-electron chi connectivity index (χ4n) is 1.23.